The quantitative estimate of drug-likeness (QED) is 0.819. The van der Waals surface area contributed by atoms with Gasteiger partial charge in [0.2, 0.25) is 0 Å². The standard InChI is InChI=1S/C12H14N2O4S/c15-5-3-14(4-6-16)12(17)9-8-10(18-13-9)11-2-1-7-19-11/h1-2,7-8,15-16H,3-6H2. The number of aliphatic hydroxyl groups excluding tert-OH is 2. The zero-order chi connectivity index (χ0) is 13.7. The summed E-state index contributed by atoms with van der Waals surface area (Å²) in [4.78, 5) is 14.3. The Hall–Kier alpha value is -1.70. The maximum Gasteiger partial charge on any atom is 0.276 e. The SMILES string of the molecule is O=C(c1cc(-c2cccs2)on1)N(CCO)CCO. The molecule has 0 aromatic carbocycles. The number of thiophene rings is 1. The van der Waals surface area contributed by atoms with Crippen molar-refractivity contribution in [2.75, 3.05) is 26.3 Å². The van der Waals surface area contributed by atoms with Crippen LogP contribution in [0.3, 0.4) is 0 Å². The Morgan fingerprint density at radius 2 is 2.11 bits per heavy atom. The second-order valence-corrected chi connectivity index (χ2v) is 4.74. The Balaban J connectivity index is 2.14. The molecule has 0 saturated heterocycles. The van der Waals surface area contributed by atoms with E-state index >= 15 is 0 Å². The number of aliphatic hydroxyl groups is 2. The van der Waals surface area contributed by atoms with Crippen molar-refractivity contribution in [1.29, 1.82) is 0 Å². The van der Waals surface area contributed by atoms with Crippen molar-refractivity contribution in [1.82, 2.24) is 10.1 Å². The van der Waals surface area contributed by atoms with Crippen molar-refractivity contribution in [3.63, 3.8) is 0 Å². The first-order chi connectivity index (χ1) is 9.26. The molecule has 2 heterocycles. The fourth-order valence-electron chi connectivity index (χ4n) is 1.63. The van der Waals surface area contributed by atoms with Crippen LogP contribution in [-0.4, -0.2) is 52.5 Å². The molecule has 6 nitrogen and oxygen atoms in total. The minimum absolute atomic E-state index is 0.153. The molecule has 2 N–H and O–H groups in total. The Bertz CT molecular complexity index is 518. The summed E-state index contributed by atoms with van der Waals surface area (Å²) in [6.07, 6.45) is 0. The summed E-state index contributed by atoms with van der Waals surface area (Å²) in [5.74, 6) is 0.168. The summed E-state index contributed by atoms with van der Waals surface area (Å²) in [7, 11) is 0. The monoisotopic (exact) mass is 282 g/mol. The van der Waals surface area contributed by atoms with Crippen molar-refractivity contribution in [3.05, 3.63) is 29.3 Å². The molecular formula is C12H14N2O4S. The van der Waals surface area contributed by atoms with Crippen LogP contribution < -0.4 is 0 Å². The van der Waals surface area contributed by atoms with Crippen molar-refractivity contribution in [2.24, 2.45) is 0 Å². The Labute approximate surface area is 113 Å². The van der Waals surface area contributed by atoms with Crippen LogP contribution >= 0.6 is 11.3 Å². The molecule has 2 aromatic heterocycles. The van der Waals surface area contributed by atoms with Gasteiger partial charge in [0.25, 0.3) is 5.91 Å². The third kappa shape index (κ3) is 3.19. The molecule has 1 amide bonds. The Morgan fingerprint density at radius 3 is 2.68 bits per heavy atom. The normalized spacial score (nSPS) is 10.6. The number of carbonyl (C=O) groups is 1. The molecule has 0 unspecified atom stereocenters. The summed E-state index contributed by atoms with van der Waals surface area (Å²) < 4.78 is 5.12. The smallest absolute Gasteiger partial charge is 0.276 e. The van der Waals surface area contributed by atoms with E-state index in [2.05, 4.69) is 5.16 Å². The van der Waals surface area contributed by atoms with Gasteiger partial charge in [-0.15, -0.1) is 11.3 Å². The average Bonchev–Trinajstić information content (AvgIpc) is 3.08. The summed E-state index contributed by atoms with van der Waals surface area (Å²) in [5.41, 5.74) is 0.172. The zero-order valence-electron chi connectivity index (χ0n) is 10.2. The zero-order valence-corrected chi connectivity index (χ0v) is 11.0. The molecule has 0 radical (unpaired) electrons. The molecule has 19 heavy (non-hydrogen) atoms. The van der Waals surface area contributed by atoms with Gasteiger partial charge in [0.05, 0.1) is 18.1 Å². The summed E-state index contributed by atoms with van der Waals surface area (Å²) >= 11 is 1.49. The molecule has 0 spiro atoms. The maximum absolute atomic E-state index is 12.1. The number of aromatic nitrogens is 1. The first kappa shape index (κ1) is 13.7. The van der Waals surface area contributed by atoms with E-state index in [1.54, 1.807) is 6.07 Å². The Kier molecular flexibility index (Phi) is 4.67. The number of amides is 1. The molecular weight excluding hydrogens is 268 g/mol. The molecule has 0 fully saturated rings. The first-order valence-electron chi connectivity index (χ1n) is 5.78. The maximum atomic E-state index is 12.1. The van der Waals surface area contributed by atoms with Crippen LogP contribution in [0.25, 0.3) is 10.6 Å². The molecule has 0 atom stereocenters. The predicted molar refractivity (Wildman–Crippen MR) is 69.9 cm³/mol. The average molecular weight is 282 g/mol. The summed E-state index contributed by atoms with van der Waals surface area (Å²) in [5, 5.41) is 23.4. The van der Waals surface area contributed by atoms with Crippen LogP contribution in [0.4, 0.5) is 0 Å². The number of nitrogens with zero attached hydrogens (tertiary/aromatic N) is 2. The molecule has 102 valence electrons. The van der Waals surface area contributed by atoms with Gasteiger partial charge >= 0.3 is 0 Å². The Morgan fingerprint density at radius 1 is 1.37 bits per heavy atom. The van der Waals surface area contributed by atoms with E-state index in [1.165, 1.54) is 16.2 Å². The van der Waals surface area contributed by atoms with Crippen LogP contribution in [0.2, 0.25) is 0 Å². The van der Waals surface area contributed by atoms with Gasteiger partial charge in [0.15, 0.2) is 11.5 Å². The highest BCUT2D eigenvalue weighted by Gasteiger charge is 2.19. The topological polar surface area (TPSA) is 86.8 Å². The van der Waals surface area contributed by atoms with Gasteiger partial charge in [-0.2, -0.15) is 0 Å². The largest absolute Gasteiger partial charge is 0.395 e. The minimum Gasteiger partial charge on any atom is -0.395 e. The number of hydrogen-bond acceptors (Lipinski definition) is 6. The molecule has 7 heteroatoms. The van der Waals surface area contributed by atoms with Crippen LogP contribution in [0, 0.1) is 0 Å². The van der Waals surface area contributed by atoms with Crippen LogP contribution in [0.15, 0.2) is 28.1 Å². The lowest BCUT2D eigenvalue weighted by Gasteiger charge is -2.18. The van der Waals surface area contributed by atoms with Gasteiger partial charge in [-0.3, -0.25) is 4.79 Å². The fourth-order valence-corrected chi connectivity index (χ4v) is 2.30. The van der Waals surface area contributed by atoms with E-state index in [4.69, 9.17) is 14.7 Å². The first-order valence-corrected chi connectivity index (χ1v) is 6.66. The third-order valence-electron chi connectivity index (χ3n) is 2.52. The number of hydrogen-bond donors (Lipinski definition) is 2. The minimum atomic E-state index is -0.366. The predicted octanol–water partition coefficient (Wildman–Crippen LogP) is 0.830. The fraction of sp³-hybridized carbons (Fsp3) is 0.333. The van der Waals surface area contributed by atoms with Gasteiger partial charge in [-0.05, 0) is 11.4 Å². The summed E-state index contributed by atoms with van der Waals surface area (Å²) in [6, 6.07) is 5.32. The molecule has 0 aliphatic rings. The lowest BCUT2D eigenvalue weighted by Crippen LogP contribution is -2.36. The van der Waals surface area contributed by atoms with Crippen molar-refractivity contribution < 1.29 is 19.5 Å². The van der Waals surface area contributed by atoms with Gasteiger partial charge in [-0.1, -0.05) is 11.2 Å². The van der Waals surface area contributed by atoms with Gasteiger partial charge < -0.3 is 19.6 Å². The highest BCUT2D eigenvalue weighted by atomic mass is 32.1. The van der Waals surface area contributed by atoms with E-state index in [0.29, 0.717) is 5.76 Å². The van der Waals surface area contributed by atoms with Crippen LogP contribution in [-0.2, 0) is 0 Å². The second kappa shape index (κ2) is 6.46. The van der Waals surface area contributed by atoms with Crippen molar-refractivity contribution in [3.8, 4) is 10.6 Å². The lowest BCUT2D eigenvalue weighted by atomic mass is 10.3. The van der Waals surface area contributed by atoms with Crippen LogP contribution in [0.1, 0.15) is 10.5 Å². The van der Waals surface area contributed by atoms with Crippen molar-refractivity contribution in [2.45, 2.75) is 0 Å². The highest BCUT2D eigenvalue weighted by molar-refractivity contribution is 7.13. The van der Waals surface area contributed by atoms with E-state index in [0.717, 1.165) is 4.88 Å². The molecule has 2 rings (SSSR count). The van der Waals surface area contributed by atoms with E-state index in [-0.39, 0.29) is 37.9 Å². The lowest BCUT2D eigenvalue weighted by molar-refractivity contribution is 0.0674. The number of carbonyl (C=O) groups excluding carboxylic acids is 1. The third-order valence-corrected chi connectivity index (χ3v) is 3.40. The van der Waals surface area contributed by atoms with E-state index in [1.807, 2.05) is 17.5 Å². The molecule has 0 aliphatic carbocycles. The van der Waals surface area contributed by atoms with Crippen molar-refractivity contribution >= 4 is 17.2 Å². The van der Waals surface area contributed by atoms with Gasteiger partial charge in [0.1, 0.15) is 0 Å². The molecule has 0 saturated carbocycles. The van der Waals surface area contributed by atoms with E-state index in [9.17, 15) is 4.79 Å². The highest BCUT2D eigenvalue weighted by Crippen LogP contribution is 2.25. The van der Waals surface area contributed by atoms with E-state index < -0.39 is 0 Å². The molecule has 0 bridgehead atoms. The summed E-state index contributed by atoms with van der Waals surface area (Å²) in [6.45, 7) is -0.0239. The number of rotatable bonds is 6. The molecule has 2 aromatic rings. The van der Waals surface area contributed by atoms with Crippen LogP contribution in [0.5, 0.6) is 0 Å². The molecule has 0 aliphatic heterocycles. The van der Waals surface area contributed by atoms with Gasteiger partial charge in [0, 0.05) is 19.2 Å². The van der Waals surface area contributed by atoms with Gasteiger partial charge in [-0.25, -0.2) is 0 Å². The second-order valence-electron chi connectivity index (χ2n) is 3.79.